The smallest absolute Gasteiger partial charge is 0.119 e. The highest BCUT2D eigenvalue weighted by Crippen LogP contribution is 2.23. The number of benzene rings is 1. The van der Waals surface area contributed by atoms with Gasteiger partial charge in [0.05, 0.1) is 6.61 Å². The summed E-state index contributed by atoms with van der Waals surface area (Å²) in [7, 11) is 0. The molecule has 0 aliphatic carbocycles. The molecule has 0 saturated carbocycles. The predicted octanol–water partition coefficient (Wildman–Crippen LogP) is 4.03. The summed E-state index contributed by atoms with van der Waals surface area (Å²) in [6, 6.07) is 6.23. The molecular formula is C14H21O. The molecule has 0 aromatic heterocycles. The van der Waals surface area contributed by atoms with Crippen molar-refractivity contribution in [3.63, 3.8) is 0 Å². The van der Waals surface area contributed by atoms with E-state index < -0.39 is 0 Å². The fourth-order valence-electron chi connectivity index (χ4n) is 1.37. The third-order valence-corrected chi connectivity index (χ3v) is 2.24. The van der Waals surface area contributed by atoms with E-state index in [-0.39, 0.29) is 0 Å². The lowest BCUT2D eigenvalue weighted by molar-refractivity contribution is 0.270. The molecule has 0 aliphatic rings. The Labute approximate surface area is 93.5 Å². The minimum atomic E-state index is 0.521. The maximum Gasteiger partial charge on any atom is 0.119 e. The van der Waals surface area contributed by atoms with Crippen LogP contribution in [0.4, 0.5) is 0 Å². The van der Waals surface area contributed by atoms with Gasteiger partial charge in [0.2, 0.25) is 0 Å². The number of ether oxygens (including phenoxy) is 1. The minimum Gasteiger partial charge on any atom is -0.493 e. The van der Waals surface area contributed by atoms with Gasteiger partial charge in [-0.3, -0.25) is 0 Å². The SMILES string of the molecule is [CH2]c1cc(OCC(C)C)cc(C(C)C)c1. The van der Waals surface area contributed by atoms with Crippen LogP contribution in [-0.4, -0.2) is 6.61 Å². The van der Waals surface area contributed by atoms with Crippen molar-refractivity contribution in [3.05, 3.63) is 36.2 Å². The molecule has 0 amide bonds. The molecule has 0 bridgehead atoms. The van der Waals surface area contributed by atoms with E-state index in [1.54, 1.807) is 0 Å². The molecule has 0 aliphatic heterocycles. The van der Waals surface area contributed by atoms with Gasteiger partial charge in [0.1, 0.15) is 5.75 Å². The first kappa shape index (κ1) is 12.1. The van der Waals surface area contributed by atoms with Gasteiger partial charge in [0.25, 0.3) is 0 Å². The van der Waals surface area contributed by atoms with Crippen LogP contribution in [0.25, 0.3) is 0 Å². The molecule has 83 valence electrons. The molecule has 1 nitrogen and oxygen atoms in total. The molecule has 0 fully saturated rings. The average molecular weight is 205 g/mol. The Hall–Kier alpha value is -0.980. The first-order valence-electron chi connectivity index (χ1n) is 5.58. The summed E-state index contributed by atoms with van der Waals surface area (Å²) < 4.78 is 5.70. The van der Waals surface area contributed by atoms with Crippen LogP contribution in [-0.2, 0) is 0 Å². The molecular weight excluding hydrogens is 184 g/mol. The molecule has 15 heavy (non-hydrogen) atoms. The second kappa shape index (κ2) is 5.20. The zero-order chi connectivity index (χ0) is 11.4. The molecule has 0 atom stereocenters. The van der Waals surface area contributed by atoms with Crippen molar-refractivity contribution >= 4 is 0 Å². The molecule has 0 heterocycles. The number of hydrogen-bond donors (Lipinski definition) is 0. The van der Waals surface area contributed by atoms with Gasteiger partial charge in [-0.2, -0.15) is 0 Å². The lowest BCUT2D eigenvalue weighted by Gasteiger charge is -2.12. The fraction of sp³-hybridized carbons (Fsp3) is 0.500. The second-order valence-electron chi connectivity index (χ2n) is 4.77. The highest BCUT2D eigenvalue weighted by Gasteiger charge is 2.04. The topological polar surface area (TPSA) is 9.23 Å². The average Bonchev–Trinajstić information content (AvgIpc) is 2.13. The third kappa shape index (κ3) is 3.94. The second-order valence-corrected chi connectivity index (χ2v) is 4.77. The molecule has 0 N–H and O–H groups in total. The quantitative estimate of drug-likeness (QED) is 0.721. The van der Waals surface area contributed by atoms with Crippen molar-refractivity contribution in [1.82, 2.24) is 0 Å². The Morgan fingerprint density at radius 1 is 1.13 bits per heavy atom. The van der Waals surface area contributed by atoms with Crippen LogP contribution in [0, 0.1) is 12.8 Å². The summed E-state index contributed by atoms with van der Waals surface area (Å²) in [6.45, 7) is 13.4. The molecule has 0 spiro atoms. The highest BCUT2D eigenvalue weighted by atomic mass is 16.5. The van der Waals surface area contributed by atoms with Crippen molar-refractivity contribution in [3.8, 4) is 5.75 Å². The van der Waals surface area contributed by atoms with Gasteiger partial charge < -0.3 is 4.74 Å². The van der Waals surface area contributed by atoms with Gasteiger partial charge in [-0.05, 0) is 42.0 Å². The lowest BCUT2D eigenvalue weighted by Crippen LogP contribution is -2.05. The first-order valence-corrected chi connectivity index (χ1v) is 5.58. The zero-order valence-electron chi connectivity index (χ0n) is 10.2. The van der Waals surface area contributed by atoms with E-state index in [1.165, 1.54) is 5.56 Å². The van der Waals surface area contributed by atoms with E-state index >= 15 is 0 Å². The summed E-state index contributed by atoms with van der Waals surface area (Å²) >= 11 is 0. The number of rotatable bonds is 4. The van der Waals surface area contributed by atoms with Crippen molar-refractivity contribution in [2.75, 3.05) is 6.61 Å². The molecule has 1 heteroatoms. The van der Waals surface area contributed by atoms with Crippen molar-refractivity contribution < 1.29 is 4.74 Å². The normalized spacial score (nSPS) is 11.1. The van der Waals surface area contributed by atoms with Crippen LogP contribution in [0.2, 0.25) is 0 Å². The standard InChI is InChI=1S/C14H21O/c1-10(2)9-15-14-7-12(5)6-13(8-14)11(3)4/h6-8,10-11H,5,9H2,1-4H3. The molecule has 1 aromatic carbocycles. The highest BCUT2D eigenvalue weighted by molar-refractivity contribution is 5.37. The van der Waals surface area contributed by atoms with E-state index in [4.69, 9.17) is 4.74 Å². The van der Waals surface area contributed by atoms with Gasteiger partial charge in [0.15, 0.2) is 0 Å². The van der Waals surface area contributed by atoms with Crippen LogP contribution < -0.4 is 4.74 Å². The van der Waals surface area contributed by atoms with Crippen LogP contribution in [0.1, 0.15) is 44.7 Å². The maximum atomic E-state index is 5.70. The fourth-order valence-corrected chi connectivity index (χ4v) is 1.37. The van der Waals surface area contributed by atoms with Crippen LogP contribution in [0.5, 0.6) is 5.75 Å². The Morgan fingerprint density at radius 2 is 1.80 bits per heavy atom. The van der Waals surface area contributed by atoms with Crippen LogP contribution in [0.15, 0.2) is 18.2 Å². The minimum absolute atomic E-state index is 0.521. The molecule has 1 rings (SSSR count). The van der Waals surface area contributed by atoms with Gasteiger partial charge in [-0.15, -0.1) is 0 Å². The van der Waals surface area contributed by atoms with Crippen LogP contribution in [0.3, 0.4) is 0 Å². The Kier molecular flexibility index (Phi) is 4.19. The summed E-state index contributed by atoms with van der Waals surface area (Å²) in [4.78, 5) is 0. The van der Waals surface area contributed by atoms with Gasteiger partial charge in [-0.1, -0.05) is 33.8 Å². The molecule has 1 aromatic rings. The van der Waals surface area contributed by atoms with Crippen molar-refractivity contribution in [1.29, 1.82) is 0 Å². The van der Waals surface area contributed by atoms with Crippen molar-refractivity contribution in [2.45, 2.75) is 33.6 Å². The molecule has 1 radical (unpaired) electrons. The van der Waals surface area contributed by atoms with E-state index in [9.17, 15) is 0 Å². The largest absolute Gasteiger partial charge is 0.493 e. The maximum absolute atomic E-state index is 5.70. The Balaban J connectivity index is 2.79. The van der Waals surface area contributed by atoms with E-state index in [0.717, 1.165) is 17.9 Å². The molecule has 0 unspecified atom stereocenters. The van der Waals surface area contributed by atoms with Gasteiger partial charge in [0, 0.05) is 0 Å². The number of hydrogen-bond acceptors (Lipinski definition) is 1. The van der Waals surface area contributed by atoms with Crippen LogP contribution >= 0.6 is 0 Å². The zero-order valence-corrected chi connectivity index (χ0v) is 10.2. The Bertz CT molecular complexity index is 313. The summed E-state index contributed by atoms with van der Waals surface area (Å²) in [5.74, 6) is 2.02. The first-order chi connectivity index (χ1) is 6.99. The lowest BCUT2D eigenvalue weighted by atomic mass is 10.0. The summed E-state index contributed by atoms with van der Waals surface area (Å²) in [6.07, 6.45) is 0. The van der Waals surface area contributed by atoms with Gasteiger partial charge >= 0.3 is 0 Å². The van der Waals surface area contributed by atoms with Gasteiger partial charge in [-0.25, -0.2) is 0 Å². The van der Waals surface area contributed by atoms with E-state index in [2.05, 4.69) is 46.8 Å². The van der Waals surface area contributed by atoms with E-state index in [0.29, 0.717) is 11.8 Å². The Morgan fingerprint density at radius 3 is 2.33 bits per heavy atom. The van der Waals surface area contributed by atoms with E-state index in [1.807, 2.05) is 6.07 Å². The van der Waals surface area contributed by atoms with Crippen molar-refractivity contribution in [2.24, 2.45) is 5.92 Å². The summed E-state index contributed by atoms with van der Waals surface area (Å²) in [5.41, 5.74) is 2.32. The summed E-state index contributed by atoms with van der Waals surface area (Å²) in [5, 5.41) is 0. The monoisotopic (exact) mass is 205 g/mol. The predicted molar refractivity (Wildman–Crippen MR) is 65.3 cm³/mol. The molecule has 0 saturated heterocycles. The third-order valence-electron chi connectivity index (χ3n) is 2.24.